The highest BCUT2D eigenvalue weighted by atomic mass is 16.5. The molecule has 0 spiro atoms. The molecular weight excluding hydrogens is 276 g/mol. The van der Waals surface area contributed by atoms with Gasteiger partial charge in [-0.05, 0) is 78.5 Å². The van der Waals surface area contributed by atoms with Gasteiger partial charge in [0.05, 0.1) is 12.2 Å². The van der Waals surface area contributed by atoms with E-state index in [2.05, 4.69) is 13.0 Å². The van der Waals surface area contributed by atoms with E-state index in [1.807, 2.05) is 19.2 Å². The van der Waals surface area contributed by atoms with Crippen molar-refractivity contribution in [1.82, 2.24) is 0 Å². The average molecular weight is 302 g/mol. The predicted octanol–water partition coefficient (Wildman–Crippen LogP) is 3.23. The highest BCUT2D eigenvalue weighted by Gasteiger charge is 2.55. The molecule has 0 unspecified atom stereocenters. The van der Waals surface area contributed by atoms with Crippen molar-refractivity contribution in [3.63, 3.8) is 0 Å². The lowest BCUT2D eigenvalue weighted by Crippen LogP contribution is -2.47. The van der Waals surface area contributed by atoms with Crippen molar-refractivity contribution in [2.45, 2.75) is 57.2 Å². The zero-order chi connectivity index (χ0) is 15.5. The molecule has 0 heterocycles. The first-order chi connectivity index (χ1) is 10.5. The Hall–Kier alpha value is -1.06. The standard InChI is InChI=1S/C19H26O3/c1-19-6-5-15-14-4-3-12(20)7-11(14)8-17(22-2)18(15)16(19)9-13(21)10-19/h3-4,7,13,15-18,20-21H,5-6,8-10H2,1-2H3/t13-,15-,16+,17+,18-,19-/m1/s1. The summed E-state index contributed by atoms with van der Waals surface area (Å²) >= 11 is 0. The van der Waals surface area contributed by atoms with E-state index in [0.717, 1.165) is 19.3 Å². The predicted molar refractivity (Wildman–Crippen MR) is 84.9 cm³/mol. The molecule has 3 heteroatoms. The molecule has 1 aromatic rings. The van der Waals surface area contributed by atoms with Gasteiger partial charge in [-0.2, -0.15) is 0 Å². The van der Waals surface area contributed by atoms with Crippen LogP contribution in [0.15, 0.2) is 18.2 Å². The number of phenols is 1. The number of aromatic hydroxyl groups is 1. The molecule has 2 N–H and O–H groups in total. The molecule has 2 saturated carbocycles. The van der Waals surface area contributed by atoms with Gasteiger partial charge in [-0.1, -0.05) is 13.0 Å². The number of aliphatic hydroxyl groups is 1. The zero-order valence-electron chi connectivity index (χ0n) is 13.5. The largest absolute Gasteiger partial charge is 0.508 e. The van der Waals surface area contributed by atoms with E-state index in [4.69, 9.17) is 4.74 Å². The Bertz CT molecular complexity index is 584. The summed E-state index contributed by atoms with van der Waals surface area (Å²) in [5, 5.41) is 20.0. The molecule has 3 nitrogen and oxygen atoms in total. The number of benzene rings is 1. The van der Waals surface area contributed by atoms with Crippen LogP contribution in [-0.2, 0) is 11.2 Å². The van der Waals surface area contributed by atoms with Crippen molar-refractivity contribution in [3.05, 3.63) is 29.3 Å². The van der Waals surface area contributed by atoms with E-state index in [9.17, 15) is 10.2 Å². The molecule has 120 valence electrons. The van der Waals surface area contributed by atoms with Gasteiger partial charge in [0.25, 0.3) is 0 Å². The lowest BCUT2D eigenvalue weighted by molar-refractivity contribution is -0.0463. The molecule has 0 amide bonds. The number of phenolic OH excluding ortho intramolecular Hbond substituents is 1. The van der Waals surface area contributed by atoms with Gasteiger partial charge in [0.15, 0.2) is 0 Å². The van der Waals surface area contributed by atoms with Gasteiger partial charge in [0.2, 0.25) is 0 Å². The van der Waals surface area contributed by atoms with Crippen LogP contribution in [0.4, 0.5) is 0 Å². The summed E-state index contributed by atoms with van der Waals surface area (Å²) in [7, 11) is 1.81. The maximum absolute atomic E-state index is 10.2. The Morgan fingerprint density at radius 1 is 1.32 bits per heavy atom. The Morgan fingerprint density at radius 2 is 2.14 bits per heavy atom. The van der Waals surface area contributed by atoms with Crippen molar-refractivity contribution in [3.8, 4) is 5.75 Å². The highest BCUT2D eigenvalue weighted by Crippen LogP contribution is 2.61. The van der Waals surface area contributed by atoms with Crippen LogP contribution >= 0.6 is 0 Å². The maximum Gasteiger partial charge on any atom is 0.115 e. The summed E-state index contributed by atoms with van der Waals surface area (Å²) in [5.74, 6) is 1.91. The summed E-state index contributed by atoms with van der Waals surface area (Å²) in [6.45, 7) is 2.36. The van der Waals surface area contributed by atoms with Crippen molar-refractivity contribution >= 4 is 0 Å². The third-order valence-electron chi connectivity index (χ3n) is 6.76. The minimum Gasteiger partial charge on any atom is -0.508 e. The van der Waals surface area contributed by atoms with E-state index >= 15 is 0 Å². The number of rotatable bonds is 1. The number of hydrogen-bond acceptors (Lipinski definition) is 3. The van der Waals surface area contributed by atoms with Crippen LogP contribution in [0.5, 0.6) is 5.75 Å². The SMILES string of the molecule is CO[C@H]1Cc2cc(O)ccc2[C@H]2CC[C@]3(C)C[C@H](O)C[C@H]3[C@H]12. The highest BCUT2D eigenvalue weighted by molar-refractivity contribution is 5.41. The van der Waals surface area contributed by atoms with Crippen LogP contribution in [0.1, 0.15) is 49.7 Å². The number of aliphatic hydroxyl groups excluding tert-OH is 1. The van der Waals surface area contributed by atoms with Crippen LogP contribution in [0.25, 0.3) is 0 Å². The normalized spacial score (nSPS) is 43.3. The zero-order valence-corrected chi connectivity index (χ0v) is 13.5. The Labute approximate surface area is 132 Å². The van der Waals surface area contributed by atoms with Gasteiger partial charge in [0, 0.05) is 7.11 Å². The Balaban J connectivity index is 1.77. The first kappa shape index (κ1) is 14.5. The lowest BCUT2D eigenvalue weighted by atomic mass is 9.55. The second kappa shape index (κ2) is 4.97. The molecule has 6 atom stereocenters. The molecule has 1 aromatic carbocycles. The molecule has 0 aromatic heterocycles. The molecule has 22 heavy (non-hydrogen) atoms. The summed E-state index contributed by atoms with van der Waals surface area (Å²) in [6, 6.07) is 5.84. The molecule has 3 aliphatic carbocycles. The minimum absolute atomic E-state index is 0.146. The van der Waals surface area contributed by atoms with Crippen LogP contribution < -0.4 is 0 Å². The third-order valence-corrected chi connectivity index (χ3v) is 6.76. The molecule has 0 radical (unpaired) electrons. The maximum atomic E-state index is 10.2. The van der Waals surface area contributed by atoms with E-state index in [1.54, 1.807) is 0 Å². The van der Waals surface area contributed by atoms with Gasteiger partial charge in [-0.3, -0.25) is 0 Å². The Morgan fingerprint density at radius 3 is 2.91 bits per heavy atom. The fraction of sp³-hybridized carbons (Fsp3) is 0.684. The van der Waals surface area contributed by atoms with Crippen molar-refractivity contribution in [1.29, 1.82) is 0 Å². The van der Waals surface area contributed by atoms with Crippen molar-refractivity contribution in [2.75, 3.05) is 7.11 Å². The smallest absolute Gasteiger partial charge is 0.115 e. The summed E-state index contributed by atoms with van der Waals surface area (Å²) in [5.41, 5.74) is 2.92. The molecule has 0 bridgehead atoms. The van der Waals surface area contributed by atoms with Gasteiger partial charge in [-0.15, -0.1) is 0 Å². The fourth-order valence-corrected chi connectivity index (χ4v) is 5.82. The monoisotopic (exact) mass is 302 g/mol. The molecule has 0 aliphatic heterocycles. The first-order valence-corrected chi connectivity index (χ1v) is 8.54. The van der Waals surface area contributed by atoms with Gasteiger partial charge >= 0.3 is 0 Å². The van der Waals surface area contributed by atoms with Gasteiger partial charge in [0.1, 0.15) is 5.75 Å². The van der Waals surface area contributed by atoms with E-state index in [0.29, 0.717) is 23.5 Å². The summed E-state index contributed by atoms with van der Waals surface area (Å²) in [6.07, 6.45) is 5.16. The van der Waals surface area contributed by atoms with Gasteiger partial charge in [-0.25, -0.2) is 0 Å². The number of hydrogen-bond donors (Lipinski definition) is 2. The van der Waals surface area contributed by atoms with E-state index < -0.39 is 0 Å². The van der Waals surface area contributed by atoms with E-state index in [1.165, 1.54) is 24.0 Å². The lowest BCUT2D eigenvalue weighted by Gasteiger charge is -2.51. The quantitative estimate of drug-likeness (QED) is 0.837. The molecule has 4 rings (SSSR count). The minimum atomic E-state index is -0.146. The van der Waals surface area contributed by atoms with Crippen molar-refractivity contribution < 1.29 is 14.9 Å². The number of methoxy groups -OCH3 is 1. The second-order valence-electron chi connectivity index (χ2n) is 7.94. The topological polar surface area (TPSA) is 49.7 Å². The Kier molecular flexibility index (Phi) is 3.28. The summed E-state index contributed by atoms with van der Waals surface area (Å²) < 4.78 is 5.88. The van der Waals surface area contributed by atoms with Crippen LogP contribution in [0, 0.1) is 17.3 Å². The molecule has 2 fully saturated rings. The van der Waals surface area contributed by atoms with Crippen LogP contribution in [-0.4, -0.2) is 29.5 Å². The number of fused-ring (bicyclic) bond motifs is 5. The van der Waals surface area contributed by atoms with Crippen molar-refractivity contribution in [2.24, 2.45) is 17.3 Å². The summed E-state index contributed by atoms with van der Waals surface area (Å²) in [4.78, 5) is 0. The second-order valence-corrected chi connectivity index (χ2v) is 7.94. The number of ether oxygens (including phenoxy) is 1. The molecule has 3 aliphatic rings. The first-order valence-electron chi connectivity index (χ1n) is 8.54. The van der Waals surface area contributed by atoms with E-state index in [-0.39, 0.29) is 17.6 Å². The third kappa shape index (κ3) is 2.02. The fourth-order valence-electron chi connectivity index (χ4n) is 5.82. The van der Waals surface area contributed by atoms with Gasteiger partial charge < -0.3 is 14.9 Å². The molecular formula is C19H26O3. The van der Waals surface area contributed by atoms with Crippen LogP contribution in [0.3, 0.4) is 0 Å². The molecule has 0 saturated heterocycles. The average Bonchev–Trinajstić information content (AvgIpc) is 2.79. The van der Waals surface area contributed by atoms with Crippen LogP contribution in [0.2, 0.25) is 0 Å².